The summed E-state index contributed by atoms with van der Waals surface area (Å²) in [6.07, 6.45) is 1.43. The van der Waals surface area contributed by atoms with Crippen molar-refractivity contribution in [3.8, 4) is 16.9 Å². The van der Waals surface area contributed by atoms with Crippen LogP contribution < -0.4 is 5.56 Å². The molecule has 2 aromatic heterocycles. The fourth-order valence-electron chi connectivity index (χ4n) is 2.53. The molecule has 0 unspecified atom stereocenters. The van der Waals surface area contributed by atoms with Gasteiger partial charge in [-0.05, 0) is 31.2 Å². The third-order valence-corrected chi connectivity index (χ3v) is 4.12. The quantitative estimate of drug-likeness (QED) is 0.690. The van der Waals surface area contributed by atoms with E-state index in [1.54, 1.807) is 6.92 Å². The SMILES string of the molecule is CCn1c(-c2c(F)cccc2F)c(-n2nccc2Cl)cc(Cl)c1=O. The lowest BCUT2D eigenvalue weighted by Gasteiger charge is -2.18. The highest BCUT2D eigenvalue weighted by molar-refractivity contribution is 6.31. The van der Waals surface area contributed by atoms with E-state index in [0.29, 0.717) is 0 Å². The van der Waals surface area contributed by atoms with Gasteiger partial charge in [0.25, 0.3) is 5.56 Å². The summed E-state index contributed by atoms with van der Waals surface area (Å²) in [4.78, 5) is 12.3. The number of hydrogen-bond acceptors (Lipinski definition) is 2. The molecule has 3 rings (SSSR count). The fourth-order valence-corrected chi connectivity index (χ4v) is 2.93. The van der Waals surface area contributed by atoms with Gasteiger partial charge in [0.15, 0.2) is 0 Å². The van der Waals surface area contributed by atoms with Crippen molar-refractivity contribution >= 4 is 23.2 Å². The Hall–Kier alpha value is -2.18. The Balaban J connectivity index is 2.50. The van der Waals surface area contributed by atoms with Crippen LogP contribution >= 0.6 is 23.2 Å². The molecule has 1 aromatic carbocycles. The zero-order valence-corrected chi connectivity index (χ0v) is 13.9. The molecule has 3 aromatic rings. The normalized spacial score (nSPS) is 11.0. The first-order chi connectivity index (χ1) is 11.5. The van der Waals surface area contributed by atoms with Crippen LogP contribution in [0.1, 0.15) is 6.92 Å². The molecule has 0 spiro atoms. The summed E-state index contributed by atoms with van der Waals surface area (Å²) in [7, 11) is 0. The summed E-state index contributed by atoms with van der Waals surface area (Å²) in [6, 6.07) is 6.30. The first kappa shape index (κ1) is 16.7. The second-order valence-electron chi connectivity index (χ2n) is 4.94. The molecular formula is C16H11Cl2F2N3O. The fraction of sp³-hybridized carbons (Fsp3) is 0.125. The van der Waals surface area contributed by atoms with Crippen LogP contribution in [0.4, 0.5) is 8.78 Å². The van der Waals surface area contributed by atoms with Gasteiger partial charge in [-0.25, -0.2) is 13.5 Å². The van der Waals surface area contributed by atoms with Crippen LogP contribution in [0.3, 0.4) is 0 Å². The Morgan fingerprint density at radius 3 is 2.38 bits per heavy atom. The molecule has 0 N–H and O–H groups in total. The first-order valence-electron chi connectivity index (χ1n) is 7.03. The minimum absolute atomic E-state index is 0.0214. The largest absolute Gasteiger partial charge is 0.305 e. The highest BCUT2D eigenvalue weighted by Crippen LogP contribution is 2.32. The Kier molecular flexibility index (Phi) is 4.43. The van der Waals surface area contributed by atoms with E-state index in [1.165, 1.54) is 33.6 Å². The maximum absolute atomic E-state index is 14.4. The summed E-state index contributed by atoms with van der Waals surface area (Å²) in [5.41, 5.74) is -0.660. The predicted molar refractivity (Wildman–Crippen MR) is 88.9 cm³/mol. The Morgan fingerprint density at radius 1 is 1.17 bits per heavy atom. The minimum atomic E-state index is -0.802. The number of nitrogens with zero attached hydrogens (tertiary/aromatic N) is 3. The van der Waals surface area contributed by atoms with Crippen molar-refractivity contribution in [1.29, 1.82) is 0 Å². The molecule has 0 aliphatic rings. The molecule has 4 nitrogen and oxygen atoms in total. The number of pyridine rings is 1. The maximum Gasteiger partial charge on any atom is 0.269 e. The lowest BCUT2D eigenvalue weighted by Crippen LogP contribution is -2.24. The second-order valence-corrected chi connectivity index (χ2v) is 5.73. The van der Waals surface area contributed by atoms with Crippen molar-refractivity contribution in [1.82, 2.24) is 14.3 Å². The van der Waals surface area contributed by atoms with Crippen LogP contribution in [0.25, 0.3) is 16.9 Å². The lowest BCUT2D eigenvalue weighted by molar-refractivity contribution is 0.583. The molecule has 0 radical (unpaired) electrons. The van der Waals surface area contributed by atoms with Gasteiger partial charge in [0, 0.05) is 6.54 Å². The summed E-state index contributed by atoms with van der Waals surface area (Å²) >= 11 is 12.1. The van der Waals surface area contributed by atoms with E-state index in [9.17, 15) is 13.6 Å². The molecule has 0 amide bonds. The minimum Gasteiger partial charge on any atom is -0.305 e. The number of rotatable bonds is 3. The van der Waals surface area contributed by atoms with Gasteiger partial charge in [-0.3, -0.25) is 4.79 Å². The van der Waals surface area contributed by atoms with Crippen LogP contribution in [-0.4, -0.2) is 14.3 Å². The van der Waals surface area contributed by atoms with Crippen LogP contribution in [0.2, 0.25) is 10.2 Å². The predicted octanol–water partition coefficient (Wildman–Crippen LogP) is 4.31. The van der Waals surface area contributed by atoms with E-state index in [2.05, 4.69) is 5.10 Å². The first-order valence-corrected chi connectivity index (χ1v) is 7.79. The van der Waals surface area contributed by atoms with E-state index in [4.69, 9.17) is 23.2 Å². The Labute approximate surface area is 145 Å². The molecule has 0 saturated carbocycles. The molecule has 124 valence electrons. The standard InChI is InChI=1S/C16H11Cl2F2N3O/c1-2-22-15(14-10(19)4-3-5-11(14)20)12(8-9(17)16(22)24)23-13(18)6-7-21-23/h3-8H,2H2,1H3. The molecular weight excluding hydrogens is 359 g/mol. The third kappa shape index (κ3) is 2.61. The summed E-state index contributed by atoms with van der Waals surface area (Å²) in [5, 5.41) is 4.16. The molecule has 2 heterocycles. The molecule has 8 heteroatoms. The van der Waals surface area contributed by atoms with Crippen molar-refractivity contribution < 1.29 is 8.78 Å². The van der Waals surface area contributed by atoms with E-state index < -0.39 is 17.2 Å². The smallest absolute Gasteiger partial charge is 0.269 e. The number of halogens is 4. The third-order valence-electron chi connectivity index (χ3n) is 3.57. The van der Waals surface area contributed by atoms with Crippen molar-refractivity contribution in [3.63, 3.8) is 0 Å². The lowest BCUT2D eigenvalue weighted by atomic mass is 10.1. The molecule has 0 aliphatic heterocycles. The average molecular weight is 370 g/mol. The monoisotopic (exact) mass is 369 g/mol. The molecule has 0 saturated heterocycles. The van der Waals surface area contributed by atoms with Gasteiger partial charge in [-0.1, -0.05) is 29.3 Å². The van der Waals surface area contributed by atoms with E-state index >= 15 is 0 Å². The topological polar surface area (TPSA) is 39.8 Å². The average Bonchev–Trinajstić information content (AvgIpc) is 2.96. The van der Waals surface area contributed by atoms with Crippen LogP contribution in [-0.2, 0) is 6.54 Å². The molecule has 24 heavy (non-hydrogen) atoms. The Bertz CT molecular complexity index is 962. The van der Waals surface area contributed by atoms with Crippen LogP contribution in [0.15, 0.2) is 41.3 Å². The zero-order valence-electron chi connectivity index (χ0n) is 12.4. The van der Waals surface area contributed by atoms with Crippen LogP contribution in [0, 0.1) is 11.6 Å². The highest BCUT2D eigenvalue weighted by Gasteiger charge is 2.23. The van der Waals surface area contributed by atoms with E-state index in [1.807, 2.05) is 0 Å². The Morgan fingerprint density at radius 2 is 1.83 bits per heavy atom. The van der Waals surface area contributed by atoms with Crippen LogP contribution in [0.5, 0.6) is 0 Å². The summed E-state index contributed by atoms with van der Waals surface area (Å²) in [5.74, 6) is -1.60. The number of benzene rings is 1. The maximum atomic E-state index is 14.4. The molecule has 0 aliphatic carbocycles. The van der Waals surface area contributed by atoms with Gasteiger partial charge in [-0.2, -0.15) is 5.10 Å². The van der Waals surface area contributed by atoms with Crippen molar-refractivity contribution in [3.05, 3.63) is 68.7 Å². The summed E-state index contributed by atoms with van der Waals surface area (Å²) < 4.78 is 31.2. The molecule has 0 bridgehead atoms. The number of hydrogen-bond donors (Lipinski definition) is 0. The van der Waals surface area contributed by atoms with Gasteiger partial charge in [0.2, 0.25) is 0 Å². The summed E-state index contributed by atoms with van der Waals surface area (Å²) in [6.45, 7) is 1.84. The van der Waals surface area contributed by atoms with E-state index in [-0.39, 0.29) is 33.7 Å². The van der Waals surface area contributed by atoms with Gasteiger partial charge in [0.05, 0.1) is 23.1 Å². The zero-order chi connectivity index (χ0) is 17.4. The van der Waals surface area contributed by atoms with Crippen molar-refractivity contribution in [2.45, 2.75) is 13.5 Å². The van der Waals surface area contributed by atoms with Gasteiger partial charge < -0.3 is 4.57 Å². The number of aromatic nitrogens is 3. The molecule has 0 atom stereocenters. The van der Waals surface area contributed by atoms with Gasteiger partial charge >= 0.3 is 0 Å². The second kappa shape index (κ2) is 6.37. The van der Waals surface area contributed by atoms with Gasteiger partial charge in [0.1, 0.15) is 21.8 Å². The van der Waals surface area contributed by atoms with Crippen molar-refractivity contribution in [2.24, 2.45) is 0 Å². The van der Waals surface area contributed by atoms with Crippen molar-refractivity contribution in [2.75, 3.05) is 0 Å². The molecule has 0 fully saturated rings. The van der Waals surface area contributed by atoms with Gasteiger partial charge in [-0.15, -0.1) is 0 Å². The van der Waals surface area contributed by atoms with E-state index in [0.717, 1.165) is 12.1 Å². The highest BCUT2D eigenvalue weighted by atomic mass is 35.5.